The van der Waals surface area contributed by atoms with E-state index in [-0.39, 0.29) is 0 Å². The maximum absolute atomic E-state index is 9.17. The van der Waals surface area contributed by atoms with Gasteiger partial charge in [0.15, 0.2) is 58.0 Å². The Morgan fingerprint density at radius 3 is 0.530 bits per heavy atom. The van der Waals surface area contributed by atoms with Gasteiger partial charge in [-0.2, -0.15) is 5.26 Å². The van der Waals surface area contributed by atoms with Crippen molar-refractivity contribution in [2.24, 2.45) is 0 Å². The number of para-hydroxylation sites is 6. The number of nitriles is 1. The first-order valence-corrected chi connectivity index (χ1v) is 48.8. The monoisotopic (exact) mass is 1910 g/mol. The fourth-order valence-electron chi connectivity index (χ4n) is 18.0. The van der Waals surface area contributed by atoms with Gasteiger partial charge in [-0.05, 0) is 106 Å². The molecule has 0 N–H and O–H groups in total. The molecule has 0 saturated heterocycles. The van der Waals surface area contributed by atoms with Gasteiger partial charge >= 0.3 is 0 Å². The van der Waals surface area contributed by atoms with Crippen molar-refractivity contribution < 1.29 is 4.42 Å². The summed E-state index contributed by atoms with van der Waals surface area (Å²) in [4.78, 5) is 79.3. The third kappa shape index (κ3) is 19.8. The molecule has 7 aromatic heterocycles. The molecule has 19 aromatic carbocycles. The molecule has 0 aliphatic heterocycles. The van der Waals surface area contributed by atoms with Crippen LogP contribution in [0.15, 0.2) is 508 Å². The van der Waals surface area contributed by atoms with Crippen LogP contribution in [0.4, 0.5) is 0 Å². The van der Waals surface area contributed by atoms with Crippen molar-refractivity contribution in [3.8, 4) is 221 Å². The minimum atomic E-state index is 0.595. The molecule has 18 nitrogen and oxygen atoms in total. The summed E-state index contributed by atoms with van der Waals surface area (Å²) in [6, 6.07) is 170. The van der Waals surface area contributed by atoms with Crippen molar-refractivity contribution in [2.45, 2.75) is 0 Å². The van der Waals surface area contributed by atoms with E-state index in [1.165, 1.54) is 5.56 Å². The Hall–Kier alpha value is -20.8. The van der Waals surface area contributed by atoms with E-state index >= 15 is 0 Å². The summed E-state index contributed by atoms with van der Waals surface area (Å²) in [5.41, 5.74) is 33.6. The number of aromatic nitrogens is 16. The van der Waals surface area contributed by atoms with Gasteiger partial charge in [0.05, 0.1) is 78.9 Å². The highest BCUT2D eigenvalue weighted by Gasteiger charge is 2.24. The van der Waals surface area contributed by atoms with Crippen LogP contribution in [0.5, 0.6) is 0 Å². The number of nitrogens with zero attached hydrogens (tertiary/aromatic N) is 17. The van der Waals surface area contributed by atoms with Crippen molar-refractivity contribution >= 4 is 44.2 Å². The second-order valence-corrected chi connectivity index (χ2v) is 35.4. The van der Waals surface area contributed by atoms with Crippen LogP contribution in [-0.4, -0.2) is 79.7 Å². The van der Waals surface area contributed by atoms with E-state index in [0.717, 1.165) is 195 Å². The van der Waals surface area contributed by atoms with Crippen molar-refractivity contribution in [1.29, 1.82) is 5.26 Å². The van der Waals surface area contributed by atoms with Gasteiger partial charge in [-0.1, -0.05) is 431 Å². The Morgan fingerprint density at radius 1 is 0.134 bits per heavy atom. The van der Waals surface area contributed by atoms with E-state index in [9.17, 15) is 0 Å². The van der Waals surface area contributed by atoms with E-state index in [4.69, 9.17) is 89.4 Å². The number of hydrogen-bond donors (Lipinski definition) is 0. The molecule has 18 heteroatoms. The summed E-state index contributed by atoms with van der Waals surface area (Å²) in [7, 11) is 0. The molecule has 7 heterocycles. The second kappa shape index (κ2) is 41.4. The molecule has 0 saturated carbocycles. The van der Waals surface area contributed by atoms with E-state index in [1.807, 2.05) is 358 Å². The van der Waals surface area contributed by atoms with E-state index in [1.54, 1.807) is 0 Å². The molecule has 0 amide bonds. The number of fused-ring (bicyclic) bond motifs is 4. The van der Waals surface area contributed by atoms with Crippen LogP contribution in [0.1, 0.15) is 5.56 Å². The molecule has 0 atom stereocenters. The van der Waals surface area contributed by atoms with Gasteiger partial charge in [-0.3, -0.25) is 0 Å². The van der Waals surface area contributed by atoms with Crippen LogP contribution < -0.4 is 0 Å². The smallest absolute Gasteiger partial charge is 0.227 e. The summed E-state index contributed by atoms with van der Waals surface area (Å²) in [5.74, 6) is 6.17. The first kappa shape index (κ1) is 90.7. The zero-order valence-electron chi connectivity index (χ0n) is 79.9. The largest absolute Gasteiger partial charge is 0.436 e. The Balaban J connectivity index is 0.000000120. The molecule has 0 bridgehead atoms. The SMILES string of the molecule is N#Cc1ccc(-c2ccc(-c3nc4ccccc4nc3-c3ccc(-c4nc(-c5ccccc5)nc(-c5ccccc5)n4)cc3)cc2)cc1.c1ccc(-c2ccc(-c3nc4ccccc4nc3-c3ccc(-c4nc(-c5ccccc5)nc(-c5ccccc5)n4)cc3)cc2)cc1.c1ccc(-c2nc(-c3ccccc3)nc(-c3ccc(-c4nc5ccccc5nc4-c4ccc(-c5ccc6oc(-c7ccccc7)nc6c5)cc4)cc3)n2)cc1. The van der Waals surface area contributed by atoms with Crippen molar-refractivity contribution in [2.75, 3.05) is 0 Å². The van der Waals surface area contributed by atoms with Gasteiger partial charge < -0.3 is 4.42 Å². The molecule has 0 spiro atoms. The predicted octanol–water partition coefficient (Wildman–Crippen LogP) is 31.1. The van der Waals surface area contributed by atoms with Crippen LogP contribution in [0.2, 0.25) is 0 Å². The Morgan fingerprint density at radius 2 is 0.302 bits per heavy atom. The van der Waals surface area contributed by atoms with Crippen LogP contribution in [0.3, 0.4) is 0 Å². The maximum Gasteiger partial charge on any atom is 0.227 e. The number of hydrogen-bond acceptors (Lipinski definition) is 18. The number of oxazole rings is 1. The summed E-state index contributed by atoms with van der Waals surface area (Å²) in [6.45, 7) is 0. The topological polar surface area (TPSA) is 243 Å². The van der Waals surface area contributed by atoms with Crippen molar-refractivity contribution in [3.05, 3.63) is 509 Å². The molecule has 26 aromatic rings. The van der Waals surface area contributed by atoms with E-state index < -0.39 is 0 Å². The summed E-state index contributed by atoms with van der Waals surface area (Å²) in [6.07, 6.45) is 0. The number of benzene rings is 19. The minimum absolute atomic E-state index is 0.595. The predicted molar refractivity (Wildman–Crippen MR) is 594 cm³/mol. The average molecular weight is 1910 g/mol. The molecule has 26 rings (SSSR count). The quantitative estimate of drug-likeness (QED) is 0.0730. The normalized spacial score (nSPS) is 11.1. The highest BCUT2D eigenvalue weighted by atomic mass is 16.3. The van der Waals surface area contributed by atoms with E-state index in [0.29, 0.717) is 63.9 Å². The van der Waals surface area contributed by atoms with Gasteiger partial charge in [0, 0.05) is 89.0 Å². The van der Waals surface area contributed by atoms with Gasteiger partial charge in [0.1, 0.15) is 5.52 Å². The third-order valence-electron chi connectivity index (χ3n) is 25.7. The Bertz CT molecular complexity index is 9190. The third-order valence-corrected chi connectivity index (χ3v) is 25.7. The lowest BCUT2D eigenvalue weighted by atomic mass is 9.99. The molecular formula is C131H83N17O. The first-order chi connectivity index (χ1) is 73.7. The molecule has 0 aliphatic rings. The molecule has 0 radical (unpaired) electrons. The molecule has 0 unspecified atom stereocenters. The lowest BCUT2D eigenvalue weighted by molar-refractivity contribution is 0.620. The highest BCUT2D eigenvalue weighted by Crippen LogP contribution is 2.41. The van der Waals surface area contributed by atoms with Crippen LogP contribution >= 0.6 is 0 Å². The van der Waals surface area contributed by atoms with Crippen LogP contribution in [0.25, 0.3) is 259 Å². The lowest BCUT2D eigenvalue weighted by Gasteiger charge is -2.12. The summed E-state index contributed by atoms with van der Waals surface area (Å²) < 4.78 is 6.06. The van der Waals surface area contributed by atoms with Gasteiger partial charge in [-0.15, -0.1) is 0 Å². The van der Waals surface area contributed by atoms with Crippen LogP contribution in [0, 0.1) is 11.3 Å². The van der Waals surface area contributed by atoms with Gasteiger partial charge in [0.25, 0.3) is 0 Å². The minimum Gasteiger partial charge on any atom is -0.436 e. The summed E-state index contributed by atoms with van der Waals surface area (Å²) >= 11 is 0. The maximum atomic E-state index is 9.17. The molecule has 0 aliphatic carbocycles. The highest BCUT2D eigenvalue weighted by molar-refractivity contribution is 5.93. The van der Waals surface area contributed by atoms with E-state index in [2.05, 4.69) is 152 Å². The van der Waals surface area contributed by atoms with Crippen molar-refractivity contribution in [3.63, 3.8) is 0 Å². The fourth-order valence-corrected chi connectivity index (χ4v) is 18.0. The molecule has 149 heavy (non-hydrogen) atoms. The standard InChI is InChI=1S/C48H30N6O.C42H26N6.C41H27N5/c1-4-12-34(13-5-1)45-52-46(35-14-6-2-7-15-35)54-47(53-45)36-26-24-33(25-27-36)44-43(49-39-18-10-11-19-40(39)50-44)32-22-20-31(21-23-32)38-28-29-42-41(30-38)51-48(55-42)37-16-8-3-9-17-37;43-27-28-15-17-29(18-16-28)30-19-21-31(22-20-30)38-39(45-37-14-8-7-13-36(37)44-38)32-23-25-35(26-24-32)42-47-40(33-9-3-1-4-10-33)46-41(48-42)34-11-5-2-6-12-34;1-4-12-28(13-5-1)29-20-22-30(23-21-29)37-38(43-36-19-11-10-18-35(36)42-37)31-24-26-34(27-25-31)41-45-39(32-14-6-2-7-15-32)44-40(46-41)33-16-8-3-9-17-33/h1-30H;1-26H;1-27H. The zero-order chi connectivity index (χ0) is 99.6. The first-order valence-electron chi connectivity index (χ1n) is 48.8. The fraction of sp³-hybridized carbons (Fsp3) is 0. The Labute approximate surface area is 857 Å². The lowest BCUT2D eigenvalue weighted by Crippen LogP contribution is -2.00. The summed E-state index contributed by atoms with van der Waals surface area (Å²) in [5, 5.41) is 9.17. The second-order valence-electron chi connectivity index (χ2n) is 35.4. The molecule has 0 fully saturated rings. The molecule has 698 valence electrons. The van der Waals surface area contributed by atoms with Gasteiger partial charge in [-0.25, -0.2) is 79.7 Å². The van der Waals surface area contributed by atoms with Crippen LogP contribution in [-0.2, 0) is 0 Å². The average Bonchev–Trinajstić information content (AvgIpc) is 1.42. The van der Waals surface area contributed by atoms with Gasteiger partial charge in [0.2, 0.25) is 5.89 Å². The zero-order valence-corrected chi connectivity index (χ0v) is 79.9. The number of rotatable bonds is 19. The van der Waals surface area contributed by atoms with Crippen molar-refractivity contribution in [1.82, 2.24) is 79.7 Å². The molecular weight excluding hydrogens is 1830 g/mol. The Kier molecular flexibility index (Phi) is 25.2.